The van der Waals surface area contributed by atoms with Crippen molar-refractivity contribution in [1.82, 2.24) is 39.9 Å². The number of halogens is 2. The van der Waals surface area contributed by atoms with Gasteiger partial charge >= 0.3 is 0 Å². The summed E-state index contributed by atoms with van der Waals surface area (Å²) in [6.07, 6.45) is 7.08. The first-order valence-electron chi connectivity index (χ1n) is 13.3. The van der Waals surface area contributed by atoms with Crippen LogP contribution in [0.25, 0.3) is 11.3 Å². The van der Waals surface area contributed by atoms with Crippen molar-refractivity contribution in [3.05, 3.63) is 66.5 Å². The molecule has 15 heteroatoms. The molecule has 1 fully saturated rings. The number of H-pyrrole nitrogens is 1. The van der Waals surface area contributed by atoms with E-state index < -0.39 is 23.2 Å². The van der Waals surface area contributed by atoms with Crippen LogP contribution in [-0.2, 0) is 4.79 Å². The number of hydrogen-bond donors (Lipinski definition) is 2. The smallest absolute Gasteiger partial charge is 0.274 e. The zero-order valence-electron chi connectivity index (χ0n) is 23.8. The Kier molecular flexibility index (Phi) is 8.25. The van der Waals surface area contributed by atoms with Crippen molar-refractivity contribution in [3.63, 3.8) is 0 Å². The zero-order chi connectivity index (χ0) is 30.7. The highest BCUT2D eigenvalue weighted by Crippen LogP contribution is 2.28. The van der Waals surface area contributed by atoms with E-state index in [1.54, 1.807) is 24.2 Å². The second-order valence-electron chi connectivity index (χ2n) is 10.4. The molecule has 1 aliphatic rings. The fourth-order valence-electron chi connectivity index (χ4n) is 4.74. The molecule has 2 N–H and O–H groups in total. The number of piperazine rings is 1. The molecular weight excluding hydrogens is 564 g/mol. The van der Waals surface area contributed by atoms with Gasteiger partial charge in [-0.1, -0.05) is 0 Å². The van der Waals surface area contributed by atoms with Crippen LogP contribution in [0.15, 0.2) is 49.2 Å². The van der Waals surface area contributed by atoms with Crippen molar-refractivity contribution in [2.75, 3.05) is 32.1 Å². The summed E-state index contributed by atoms with van der Waals surface area (Å²) in [6, 6.07) is 2.34. The Labute approximate surface area is 245 Å². The Morgan fingerprint density at radius 2 is 1.91 bits per heavy atom. The summed E-state index contributed by atoms with van der Waals surface area (Å²) in [7, 11) is 1.48. The van der Waals surface area contributed by atoms with Gasteiger partial charge in [-0.15, -0.1) is 0 Å². The van der Waals surface area contributed by atoms with Crippen LogP contribution in [0.3, 0.4) is 0 Å². The highest BCUT2D eigenvalue weighted by Gasteiger charge is 2.40. The number of hydrogen-bond acceptors (Lipinski definition) is 10. The molecule has 0 spiro atoms. The number of nitrogens with zero attached hydrogens (tertiary/aromatic N) is 7. The van der Waals surface area contributed by atoms with E-state index in [-0.39, 0.29) is 40.8 Å². The summed E-state index contributed by atoms with van der Waals surface area (Å²) in [4.78, 5) is 47.3. The molecule has 0 saturated carbocycles. The monoisotopic (exact) mass is 593 g/mol. The predicted molar refractivity (Wildman–Crippen MR) is 149 cm³/mol. The van der Waals surface area contributed by atoms with Gasteiger partial charge in [0.05, 0.1) is 43.5 Å². The fraction of sp³-hybridized carbons (Fsp3) is 0.321. The van der Waals surface area contributed by atoms with Gasteiger partial charge in [0.2, 0.25) is 17.7 Å². The molecule has 13 nitrogen and oxygen atoms in total. The first-order chi connectivity index (χ1) is 20.6. The van der Waals surface area contributed by atoms with Crippen LogP contribution in [0.1, 0.15) is 31.3 Å². The lowest BCUT2D eigenvalue weighted by molar-refractivity contribution is -0.122. The molecule has 4 heterocycles. The highest BCUT2D eigenvalue weighted by atomic mass is 19.1. The van der Waals surface area contributed by atoms with Gasteiger partial charge in [-0.25, -0.2) is 28.7 Å². The maximum atomic E-state index is 13.8. The van der Waals surface area contributed by atoms with Gasteiger partial charge in [-0.2, -0.15) is 5.10 Å². The molecule has 5 rings (SSSR count). The van der Waals surface area contributed by atoms with Crippen LogP contribution in [0, 0.1) is 11.6 Å². The van der Waals surface area contributed by atoms with E-state index in [0.29, 0.717) is 37.0 Å². The summed E-state index contributed by atoms with van der Waals surface area (Å²) < 4.78 is 37.6. The lowest BCUT2D eigenvalue weighted by Crippen LogP contribution is -2.63. The van der Waals surface area contributed by atoms with E-state index in [4.69, 9.17) is 9.47 Å². The third-order valence-corrected chi connectivity index (χ3v) is 7.01. The number of ether oxygens (including phenoxy) is 2. The summed E-state index contributed by atoms with van der Waals surface area (Å²) in [5.41, 5.74) is 0.554. The van der Waals surface area contributed by atoms with Crippen molar-refractivity contribution in [1.29, 1.82) is 0 Å². The topological polar surface area (TPSA) is 151 Å². The number of nitrogens with one attached hydrogen (secondary N) is 2. The second-order valence-corrected chi connectivity index (χ2v) is 10.4. The molecule has 1 aliphatic heterocycles. The van der Waals surface area contributed by atoms with Crippen LogP contribution >= 0.6 is 0 Å². The molecule has 0 radical (unpaired) electrons. The van der Waals surface area contributed by atoms with Gasteiger partial charge in [-0.3, -0.25) is 19.6 Å². The average molecular weight is 594 g/mol. The van der Waals surface area contributed by atoms with Crippen LogP contribution in [0.4, 0.5) is 14.6 Å². The number of aromatic amines is 1. The molecule has 1 aromatic carbocycles. The Bertz CT molecular complexity index is 1620. The van der Waals surface area contributed by atoms with Gasteiger partial charge in [0.15, 0.2) is 17.4 Å². The quantitative estimate of drug-likeness (QED) is 0.311. The van der Waals surface area contributed by atoms with Gasteiger partial charge < -0.3 is 19.7 Å². The molecule has 0 bridgehead atoms. The minimum Gasteiger partial charge on any atom is -0.479 e. The molecule has 43 heavy (non-hydrogen) atoms. The van der Waals surface area contributed by atoms with Gasteiger partial charge in [0.25, 0.3) is 5.91 Å². The zero-order valence-corrected chi connectivity index (χ0v) is 23.8. The lowest BCUT2D eigenvalue weighted by Gasteiger charge is -2.48. The third-order valence-electron chi connectivity index (χ3n) is 7.01. The van der Waals surface area contributed by atoms with E-state index in [0.717, 1.165) is 12.1 Å². The molecular formula is C28H29F2N9O4. The van der Waals surface area contributed by atoms with Gasteiger partial charge in [0.1, 0.15) is 17.2 Å². The molecule has 1 atom stereocenters. The van der Waals surface area contributed by atoms with E-state index in [1.165, 1.54) is 25.7 Å². The van der Waals surface area contributed by atoms with Gasteiger partial charge in [-0.05, 0) is 32.9 Å². The SMILES string of the molecule is COc1ncc(C(=O)N2CCN([C@@H](C)C(=O)Nc3cnc(Oc4ccc(F)cc4F)cn3)CC2(C)C)nc1-c1cn[nH]c1. The number of carbonyl (C=O) groups excluding carboxylic acids is 2. The van der Waals surface area contributed by atoms with Gasteiger partial charge in [0, 0.05) is 37.5 Å². The Morgan fingerprint density at radius 1 is 1.09 bits per heavy atom. The molecule has 3 aromatic heterocycles. The van der Waals surface area contributed by atoms with E-state index in [1.807, 2.05) is 18.7 Å². The van der Waals surface area contributed by atoms with Crippen molar-refractivity contribution in [3.8, 4) is 28.8 Å². The minimum atomic E-state index is -0.881. The average Bonchev–Trinajstić information content (AvgIpc) is 3.53. The van der Waals surface area contributed by atoms with Crippen LogP contribution in [-0.4, -0.2) is 90.1 Å². The van der Waals surface area contributed by atoms with E-state index in [9.17, 15) is 18.4 Å². The second kappa shape index (κ2) is 12.1. The number of anilines is 1. The lowest BCUT2D eigenvalue weighted by atomic mass is 9.96. The molecule has 4 aromatic rings. The minimum absolute atomic E-state index is 0.0301. The Morgan fingerprint density at radius 3 is 2.56 bits per heavy atom. The fourth-order valence-corrected chi connectivity index (χ4v) is 4.74. The Balaban J connectivity index is 1.21. The van der Waals surface area contributed by atoms with Crippen molar-refractivity contribution in [2.24, 2.45) is 0 Å². The van der Waals surface area contributed by atoms with Crippen LogP contribution < -0.4 is 14.8 Å². The number of aromatic nitrogens is 6. The summed E-state index contributed by atoms with van der Waals surface area (Å²) in [5.74, 6) is -2.02. The molecule has 224 valence electrons. The summed E-state index contributed by atoms with van der Waals surface area (Å²) >= 11 is 0. The first kappa shape index (κ1) is 29.4. The van der Waals surface area contributed by atoms with E-state index in [2.05, 4.69) is 35.5 Å². The van der Waals surface area contributed by atoms with Crippen molar-refractivity contribution >= 4 is 17.6 Å². The maximum Gasteiger partial charge on any atom is 0.274 e. The third kappa shape index (κ3) is 6.40. The largest absolute Gasteiger partial charge is 0.479 e. The summed E-state index contributed by atoms with van der Waals surface area (Å²) in [5, 5.41) is 9.36. The number of rotatable bonds is 8. The Hall–Kier alpha value is -5.05. The standard InChI is InChI=1S/C28H29F2N9O4/c1-16(25(40)37-22-13-32-23(14-31-22)43-21-6-5-18(29)9-19(21)30)38-7-8-39(28(2,3)15-38)27(41)20-12-33-26(42-4)24(36-20)17-10-34-35-11-17/h5-6,9-14,16H,7-8,15H2,1-4H3,(H,34,35)(H,31,37,40)/t16-/m0/s1. The molecule has 0 unspecified atom stereocenters. The predicted octanol–water partition coefficient (Wildman–Crippen LogP) is 3.30. The molecule has 1 saturated heterocycles. The van der Waals surface area contributed by atoms with E-state index >= 15 is 0 Å². The van der Waals surface area contributed by atoms with Crippen molar-refractivity contribution in [2.45, 2.75) is 32.4 Å². The number of benzene rings is 1. The highest BCUT2D eigenvalue weighted by molar-refractivity contribution is 5.94. The normalized spacial score (nSPS) is 15.5. The van der Waals surface area contributed by atoms with Crippen molar-refractivity contribution < 1.29 is 27.8 Å². The van der Waals surface area contributed by atoms with Crippen LogP contribution in [0.5, 0.6) is 17.5 Å². The maximum absolute atomic E-state index is 13.8. The molecule has 2 amide bonds. The first-order valence-corrected chi connectivity index (χ1v) is 13.3. The van der Waals surface area contributed by atoms with Crippen LogP contribution in [0.2, 0.25) is 0 Å². The summed E-state index contributed by atoms with van der Waals surface area (Å²) in [6.45, 7) is 6.80. The number of amides is 2. The number of methoxy groups -OCH3 is 1. The number of carbonyl (C=O) groups is 2. The molecule has 0 aliphatic carbocycles.